The molecule has 12 heavy (non-hydrogen) atoms. The lowest BCUT2D eigenvalue weighted by molar-refractivity contribution is -0.118. The molecule has 0 rings (SSSR count). The van der Waals surface area contributed by atoms with Gasteiger partial charge in [-0.25, -0.2) is 5.84 Å². The molecule has 0 aromatic carbocycles. The topological polar surface area (TPSA) is 55.1 Å². The third-order valence-corrected chi connectivity index (χ3v) is 7.64. The maximum atomic E-state index is 11.1. The molecule has 0 heterocycles. The lowest BCUT2D eigenvalue weighted by Gasteiger charge is -2.22. The van der Waals surface area contributed by atoms with E-state index in [-0.39, 0.29) is 5.91 Å². The molecule has 0 atom stereocenters. The summed E-state index contributed by atoms with van der Waals surface area (Å²) in [5.74, 6) is 5.06. The zero-order chi connectivity index (χ0) is 9.61. The Morgan fingerprint density at radius 3 is 1.92 bits per heavy atom. The van der Waals surface area contributed by atoms with Gasteiger partial charge in [-0.2, -0.15) is 0 Å². The third-order valence-electron chi connectivity index (χ3n) is 2.65. The Kier molecular flexibility index (Phi) is 5.43. The van der Waals surface area contributed by atoms with Gasteiger partial charge < -0.3 is 0 Å². The molecule has 0 aliphatic rings. The molecule has 4 heteroatoms. The van der Waals surface area contributed by atoms with Crippen molar-refractivity contribution < 1.29 is 4.79 Å². The number of nitrogens with two attached hydrogens (primary N) is 1. The summed E-state index contributed by atoms with van der Waals surface area (Å²) in [6.07, 6.45) is 4.10. The van der Waals surface area contributed by atoms with Crippen LogP contribution in [0.2, 0.25) is 0 Å². The molecule has 3 nitrogen and oxygen atoms in total. The summed E-state index contributed by atoms with van der Waals surface area (Å²) in [7, 11) is -1.00. The molecule has 0 saturated carbocycles. The fraction of sp³-hybridized carbons (Fsp3) is 0.875. The average molecular weight is 191 g/mol. The van der Waals surface area contributed by atoms with Crippen LogP contribution in [0.25, 0.3) is 0 Å². The number of rotatable bonds is 5. The summed E-state index contributed by atoms with van der Waals surface area (Å²) in [5, 5.41) is 0. The van der Waals surface area contributed by atoms with Crippen molar-refractivity contribution in [3.8, 4) is 0 Å². The van der Waals surface area contributed by atoms with E-state index in [0.29, 0.717) is 6.16 Å². The van der Waals surface area contributed by atoms with E-state index in [0.717, 1.165) is 18.5 Å². The van der Waals surface area contributed by atoms with Gasteiger partial charge in [0.25, 0.3) is 5.91 Å². The first-order valence-electron chi connectivity index (χ1n) is 4.48. The van der Waals surface area contributed by atoms with Crippen molar-refractivity contribution in [2.75, 3.05) is 24.6 Å². The van der Waals surface area contributed by atoms with E-state index < -0.39 is 7.26 Å². The molecular formula is C8H20N2OP+. The van der Waals surface area contributed by atoms with Crippen LogP contribution in [0.3, 0.4) is 0 Å². The maximum Gasteiger partial charge on any atom is 0.271 e. The van der Waals surface area contributed by atoms with E-state index in [1.54, 1.807) is 0 Å². The molecule has 0 radical (unpaired) electrons. The highest BCUT2D eigenvalue weighted by atomic mass is 31.2. The SMILES string of the molecule is CC[P+](CC)(CC)CC(=O)NN. The largest absolute Gasteiger partial charge is 0.291 e. The van der Waals surface area contributed by atoms with Gasteiger partial charge in [0.1, 0.15) is 6.16 Å². The van der Waals surface area contributed by atoms with Crippen LogP contribution >= 0.6 is 7.26 Å². The molecule has 0 aliphatic heterocycles. The van der Waals surface area contributed by atoms with E-state index in [2.05, 4.69) is 26.2 Å². The van der Waals surface area contributed by atoms with E-state index in [9.17, 15) is 4.79 Å². The Balaban J connectivity index is 4.19. The molecule has 1 amide bonds. The lowest BCUT2D eigenvalue weighted by atomic mass is 10.7. The number of carbonyl (C=O) groups excluding carboxylic acids is 1. The van der Waals surface area contributed by atoms with Crippen LogP contribution in [0.1, 0.15) is 20.8 Å². The quantitative estimate of drug-likeness (QED) is 0.295. The van der Waals surface area contributed by atoms with Crippen LogP contribution in [0.15, 0.2) is 0 Å². The van der Waals surface area contributed by atoms with Gasteiger partial charge in [0.2, 0.25) is 0 Å². The molecule has 72 valence electrons. The zero-order valence-electron chi connectivity index (χ0n) is 8.26. The minimum absolute atomic E-state index is 0.00566. The second-order valence-corrected chi connectivity index (χ2v) is 7.91. The van der Waals surface area contributed by atoms with Crippen molar-refractivity contribution in [1.29, 1.82) is 0 Å². The van der Waals surface area contributed by atoms with Crippen LogP contribution in [0.5, 0.6) is 0 Å². The first-order valence-corrected chi connectivity index (χ1v) is 7.01. The molecule has 0 saturated heterocycles. The number of nitrogens with one attached hydrogen (secondary N) is 1. The molecule has 0 aromatic rings. The summed E-state index contributed by atoms with van der Waals surface area (Å²) in [4.78, 5) is 11.1. The van der Waals surface area contributed by atoms with E-state index >= 15 is 0 Å². The highest BCUT2D eigenvalue weighted by Crippen LogP contribution is 2.57. The van der Waals surface area contributed by atoms with Gasteiger partial charge >= 0.3 is 0 Å². The summed E-state index contributed by atoms with van der Waals surface area (Å²) < 4.78 is 0. The number of hydrogen-bond donors (Lipinski definition) is 2. The van der Waals surface area contributed by atoms with Crippen LogP contribution in [-0.2, 0) is 4.79 Å². The Bertz CT molecular complexity index is 138. The lowest BCUT2D eigenvalue weighted by Crippen LogP contribution is -2.34. The van der Waals surface area contributed by atoms with Crippen LogP contribution in [0.4, 0.5) is 0 Å². The van der Waals surface area contributed by atoms with Gasteiger partial charge in [0.15, 0.2) is 0 Å². The van der Waals surface area contributed by atoms with Gasteiger partial charge in [-0.15, -0.1) is 0 Å². The maximum absolute atomic E-state index is 11.1. The van der Waals surface area contributed by atoms with Gasteiger partial charge in [0, 0.05) is 7.26 Å². The smallest absolute Gasteiger partial charge is 0.271 e. The summed E-state index contributed by atoms with van der Waals surface area (Å²) in [6.45, 7) is 6.51. The Hall–Kier alpha value is -0.140. The van der Waals surface area contributed by atoms with Gasteiger partial charge in [-0.3, -0.25) is 10.2 Å². The minimum atomic E-state index is -1.00. The first kappa shape index (κ1) is 11.9. The Labute approximate surface area is 75.4 Å². The average Bonchev–Trinajstić information content (AvgIpc) is 2.14. The minimum Gasteiger partial charge on any atom is -0.291 e. The van der Waals surface area contributed by atoms with Crippen molar-refractivity contribution in [2.24, 2.45) is 5.84 Å². The van der Waals surface area contributed by atoms with Crippen LogP contribution in [-0.4, -0.2) is 30.6 Å². The second kappa shape index (κ2) is 5.50. The van der Waals surface area contributed by atoms with Crippen molar-refractivity contribution in [1.82, 2.24) is 5.43 Å². The van der Waals surface area contributed by atoms with Crippen LogP contribution in [0, 0.1) is 0 Å². The highest BCUT2D eigenvalue weighted by molar-refractivity contribution is 7.76. The van der Waals surface area contributed by atoms with Crippen LogP contribution < -0.4 is 11.3 Å². The molecule has 0 fully saturated rings. The van der Waals surface area contributed by atoms with Crippen molar-refractivity contribution in [2.45, 2.75) is 20.8 Å². The van der Waals surface area contributed by atoms with E-state index in [4.69, 9.17) is 5.84 Å². The molecule has 0 bridgehead atoms. The molecule has 0 spiro atoms. The zero-order valence-corrected chi connectivity index (χ0v) is 9.16. The van der Waals surface area contributed by atoms with Crippen molar-refractivity contribution in [3.05, 3.63) is 0 Å². The predicted molar refractivity (Wildman–Crippen MR) is 55.7 cm³/mol. The number of carbonyl (C=O) groups is 1. The van der Waals surface area contributed by atoms with E-state index in [1.165, 1.54) is 0 Å². The van der Waals surface area contributed by atoms with E-state index in [1.807, 2.05) is 0 Å². The Morgan fingerprint density at radius 1 is 1.25 bits per heavy atom. The molecule has 0 aliphatic carbocycles. The standard InChI is InChI=1S/C8H19N2OP/c1-4-12(5-2,6-3)7-8(11)10-9/h4-7,9H2,1-3H3/p+1. The molecular weight excluding hydrogens is 171 g/mol. The van der Waals surface area contributed by atoms with Crippen molar-refractivity contribution >= 4 is 13.2 Å². The highest BCUT2D eigenvalue weighted by Gasteiger charge is 2.33. The van der Waals surface area contributed by atoms with Gasteiger partial charge in [-0.1, -0.05) is 0 Å². The predicted octanol–water partition coefficient (Wildman–Crippen LogP) is 1.05. The summed E-state index contributed by atoms with van der Waals surface area (Å²) in [5.41, 5.74) is 2.21. The number of amides is 1. The van der Waals surface area contributed by atoms with Gasteiger partial charge in [0.05, 0.1) is 18.5 Å². The summed E-state index contributed by atoms with van der Waals surface area (Å²) >= 11 is 0. The molecule has 0 aromatic heterocycles. The number of hydrazine groups is 1. The van der Waals surface area contributed by atoms with Crippen molar-refractivity contribution in [3.63, 3.8) is 0 Å². The molecule has 3 N–H and O–H groups in total. The third kappa shape index (κ3) is 3.08. The number of hydrogen-bond acceptors (Lipinski definition) is 2. The summed E-state index contributed by atoms with van der Waals surface area (Å²) in [6, 6.07) is 0. The Morgan fingerprint density at radius 2 is 1.67 bits per heavy atom. The fourth-order valence-corrected chi connectivity index (χ4v) is 4.07. The fourth-order valence-electron chi connectivity index (χ4n) is 1.36. The monoisotopic (exact) mass is 191 g/mol. The first-order chi connectivity index (χ1) is 5.64. The van der Waals surface area contributed by atoms with Gasteiger partial charge in [-0.05, 0) is 20.8 Å². The second-order valence-electron chi connectivity index (χ2n) is 3.02. The molecule has 0 unspecified atom stereocenters. The normalized spacial score (nSPS) is 11.3.